The summed E-state index contributed by atoms with van der Waals surface area (Å²) in [4.78, 5) is 10.1. The van der Waals surface area contributed by atoms with Crippen LogP contribution < -0.4 is 43.1 Å². The van der Waals surface area contributed by atoms with Gasteiger partial charge in [-0.05, 0) is 146 Å². The summed E-state index contributed by atoms with van der Waals surface area (Å²) >= 11 is 54.8. The van der Waals surface area contributed by atoms with Crippen LogP contribution in [0.3, 0.4) is 0 Å². The fourth-order valence-electron chi connectivity index (χ4n) is 9.34. The lowest BCUT2D eigenvalue weighted by atomic mass is 10.1. The monoisotopic (exact) mass is 1620 g/mol. The van der Waals surface area contributed by atoms with Crippen LogP contribution in [-0.2, 0) is 38.1 Å². The Morgan fingerprint density at radius 1 is 0.404 bits per heavy atom. The van der Waals surface area contributed by atoms with Crippen molar-refractivity contribution >= 4 is 157 Å². The second kappa shape index (κ2) is 46.3. The van der Waals surface area contributed by atoms with Crippen molar-refractivity contribution in [3.63, 3.8) is 0 Å². The first-order chi connectivity index (χ1) is 42.2. The number of nitrogens with one attached hydrogen (secondary N) is 1. The fourth-order valence-corrected chi connectivity index (χ4v) is 11.5. The number of unbranched alkanes of at least 4 members (excludes halogenated alkanes) is 12. The van der Waals surface area contributed by atoms with Crippen molar-refractivity contribution in [2.75, 3.05) is 5.33 Å². The maximum atomic E-state index is 6.43. The highest BCUT2D eigenvalue weighted by Crippen LogP contribution is 2.25. The Morgan fingerprint density at radius 3 is 1.10 bits per heavy atom. The minimum atomic E-state index is 0. The maximum absolute atomic E-state index is 6.43. The molecular weight excluding hydrogens is 1540 g/mol. The lowest BCUT2D eigenvalue weighted by molar-refractivity contribution is -0.685. The van der Waals surface area contributed by atoms with Crippen LogP contribution in [0.2, 0.25) is 41.2 Å². The van der Waals surface area contributed by atoms with E-state index in [9.17, 15) is 0 Å². The lowest BCUT2D eigenvalue weighted by Crippen LogP contribution is -3.00. The number of imidazole rings is 4. The molecule has 6 aromatic carbocycles. The lowest BCUT2D eigenvalue weighted by Gasteiger charge is -2.02. The highest BCUT2D eigenvalue weighted by molar-refractivity contribution is 9.09. The van der Waals surface area contributed by atoms with Crippen LogP contribution in [0.15, 0.2) is 153 Å². The number of fused-ring (bicyclic) bond motifs is 3. The number of hydrogen-bond donors (Lipinski definition) is 1. The second-order valence-electron chi connectivity index (χ2n) is 21.2. The van der Waals surface area contributed by atoms with E-state index in [0.717, 1.165) is 57.3 Å². The number of H-pyrrole nitrogens is 1. The SMILES string of the molecule is BrCc1ccc2ccccc2c1.CCCCCCBr.CCCCCCn1c[n+](Cc2ccc3ccccc3c2)c(Cl)c1Cl.CCCCCCn1c[n+](Cc2ccc3ccccc3c2)c(Cl)c1Cl.CCCCCCn1cnc(Cl)c1Cl.Clc1nc[nH]c1Cl.[Br-].[Br-]. The van der Waals surface area contributed by atoms with E-state index in [0.29, 0.717) is 41.2 Å². The second-order valence-corrected chi connectivity index (χ2v) is 25.4. The zero-order valence-electron chi connectivity index (χ0n) is 51.4. The molecule has 0 bridgehead atoms. The van der Waals surface area contributed by atoms with Gasteiger partial charge < -0.3 is 43.5 Å². The third kappa shape index (κ3) is 28.4. The molecule has 484 valence electrons. The van der Waals surface area contributed by atoms with Crippen molar-refractivity contribution in [3.05, 3.63) is 211 Å². The molecule has 1 N–H and O–H groups in total. The zero-order chi connectivity index (χ0) is 62.8. The summed E-state index contributed by atoms with van der Waals surface area (Å²) in [6.45, 7) is 13.1. The molecule has 4 heterocycles. The molecule has 0 saturated carbocycles. The van der Waals surface area contributed by atoms with Gasteiger partial charge in [0.25, 0.3) is 20.6 Å². The predicted molar refractivity (Wildman–Crippen MR) is 383 cm³/mol. The van der Waals surface area contributed by atoms with Gasteiger partial charge in [0.2, 0.25) is 12.7 Å². The van der Waals surface area contributed by atoms with Crippen LogP contribution in [-0.4, -0.2) is 34.0 Å². The Labute approximate surface area is 607 Å². The van der Waals surface area contributed by atoms with Gasteiger partial charge in [0.05, 0.1) is 25.7 Å². The van der Waals surface area contributed by atoms with Gasteiger partial charge in [-0.15, -0.1) is 0 Å². The van der Waals surface area contributed by atoms with Crippen molar-refractivity contribution in [1.29, 1.82) is 0 Å². The molecule has 8 nitrogen and oxygen atoms in total. The first-order valence-corrected chi connectivity index (χ1v) is 35.6. The van der Waals surface area contributed by atoms with Gasteiger partial charge in [0, 0.05) is 17.2 Å². The van der Waals surface area contributed by atoms with Crippen molar-refractivity contribution in [2.45, 2.75) is 168 Å². The van der Waals surface area contributed by atoms with Crippen molar-refractivity contribution in [3.8, 4) is 0 Å². The minimum Gasteiger partial charge on any atom is -1.00 e. The predicted octanol–water partition coefficient (Wildman–Crippen LogP) is 17.9. The topological polar surface area (TPSA) is 64.1 Å². The Kier molecular flexibility index (Phi) is 41.8. The van der Waals surface area contributed by atoms with Crippen molar-refractivity contribution in [2.24, 2.45) is 0 Å². The van der Waals surface area contributed by atoms with E-state index < -0.39 is 0 Å². The van der Waals surface area contributed by atoms with E-state index >= 15 is 0 Å². The number of aromatic nitrogens is 8. The first kappa shape index (κ1) is 80.4. The number of nitrogens with zero attached hydrogens (tertiary/aromatic N) is 7. The largest absolute Gasteiger partial charge is 1.00 e. The Balaban J connectivity index is 0.000000295. The third-order valence-corrected chi connectivity index (χ3v) is 18.7. The molecule has 0 aliphatic heterocycles. The molecule has 0 atom stereocenters. The number of aromatic amines is 1. The van der Waals surface area contributed by atoms with Crippen LogP contribution in [0.4, 0.5) is 0 Å². The molecule has 10 aromatic rings. The number of halogens is 12. The van der Waals surface area contributed by atoms with Crippen LogP contribution in [0, 0.1) is 0 Å². The molecule has 0 amide bonds. The van der Waals surface area contributed by atoms with Gasteiger partial charge >= 0.3 is 0 Å². The number of rotatable bonds is 24. The summed E-state index contributed by atoms with van der Waals surface area (Å²) in [5.74, 6) is 0. The number of hydrogen-bond acceptors (Lipinski definition) is 2. The summed E-state index contributed by atoms with van der Waals surface area (Å²) in [5, 5.41) is 13.9. The highest BCUT2D eigenvalue weighted by Gasteiger charge is 2.22. The minimum absolute atomic E-state index is 0. The molecular formula is C69H84Br4Cl8N8. The first-order valence-electron chi connectivity index (χ1n) is 30.4. The standard InChI is InChI=1S/2C20H23Cl2N2.C11H9Br.C9H14Cl2N2.C6H13Br.C3H2Cl2N2.2BrH/c2*1-2-3-4-7-12-23-15-24(20(22)19(23)21)14-16-10-11-17-8-5-6-9-18(17)13-16;12-8-9-5-6-10-3-1-2-4-11(10)7-9;1-2-3-4-5-6-13-7-12-8(10)9(13)11;1-2-3-4-5-6-7;4-2-3(5)7-1-6-2;;/h2*5-6,8-11,13,15H,2-4,7,12,14H2,1H3;1-7H,8H2;7H,2-6H2,1H3;2-6H2,1H3;1H,(H,6,7);2*1H/q2*+1;;;;;;/p-2. The van der Waals surface area contributed by atoms with Crippen LogP contribution >= 0.6 is 125 Å². The van der Waals surface area contributed by atoms with Crippen LogP contribution in [0.25, 0.3) is 32.3 Å². The Morgan fingerprint density at radius 2 is 0.775 bits per heavy atom. The molecule has 0 fully saturated rings. The van der Waals surface area contributed by atoms with Crippen LogP contribution in [0.5, 0.6) is 0 Å². The van der Waals surface area contributed by atoms with Gasteiger partial charge in [-0.25, -0.2) is 28.2 Å². The van der Waals surface area contributed by atoms with Gasteiger partial charge in [-0.3, -0.25) is 0 Å². The summed E-state index contributed by atoms with van der Waals surface area (Å²) < 4.78 is 10.0. The molecule has 0 aliphatic rings. The molecule has 89 heavy (non-hydrogen) atoms. The van der Waals surface area contributed by atoms with Gasteiger partial charge in [-0.2, -0.15) is 0 Å². The number of aryl methyl sites for hydroxylation is 3. The molecule has 0 aliphatic carbocycles. The van der Waals surface area contributed by atoms with E-state index in [4.69, 9.17) is 92.8 Å². The number of alkyl halides is 2. The molecule has 0 saturated heterocycles. The highest BCUT2D eigenvalue weighted by atomic mass is 79.9. The normalized spacial score (nSPS) is 10.5. The van der Waals surface area contributed by atoms with Crippen molar-refractivity contribution < 1.29 is 43.1 Å². The van der Waals surface area contributed by atoms with E-state index in [-0.39, 0.29) is 34.0 Å². The molecule has 0 radical (unpaired) electrons. The molecule has 10 rings (SSSR count). The maximum Gasteiger partial charge on any atom is 0.255 e. The Bertz CT molecular complexity index is 3390. The van der Waals surface area contributed by atoms with E-state index in [2.05, 4.69) is 211 Å². The summed E-state index contributed by atoms with van der Waals surface area (Å²) in [6, 6.07) is 44.7. The van der Waals surface area contributed by atoms with E-state index in [1.807, 2.05) is 26.4 Å². The average Bonchev–Trinajstić information content (AvgIpc) is 4.35. The molecule has 20 heteroatoms. The molecule has 0 spiro atoms. The van der Waals surface area contributed by atoms with Gasteiger partial charge in [0.1, 0.15) is 23.4 Å². The van der Waals surface area contributed by atoms with Gasteiger partial charge in [-0.1, -0.05) is 285 Å². The van der Waals surface area contributed by atoms with Crippen LogP contribution in [0.1, 0.15) is 147 Å². The third-order valence-electron chi connectivity index (χ3n) is 14.2. The van der Waals surface area contributed by atoms with E-state index in [1.165, 1.54) is 144 Å². The van der Waals surface area contributed by atoms with Gasteiger partial charge in [0.15, 0.2) is 10.3 Å². The van der Waals surface area contributed by atoms with E-state index in [1.54, 1.807) is 6.33 Å². The zero-order valence-corrected chi connectivity index (χ0v) is 63.8. The average molecular weight is 1630 g/mol. The fraction of sp³-hybridized carbons (Fsp3) is 0.391. The quantitative estimate of drug-likeness (QED) is 0.0372. The molecule has 4 aromatic heterocycles. The number of benzene rings is 6. The summed E-state index contributed by atoms with van der Waals surface area (Å²) in [5.41, 5.74) is 3.77. The smallest absolute Gasteiger partial charge is 0.255 e. The summed E-state index contributed by atoms with van der Waals surface area (Å²) in [6.07, 6.45) is 27.3. The van der Waals surface area contributed by atoms with Crippen molar-refractivity contribution in [1.82, 2.24) is 28.7 Å². The molecule has 0 unspecified atom stereocenters. The summed E-state index contributed by atoms with van der Waals surface area (Å²) in [7, 11) is 0. The Hall–Kier alpha value is -2.82.